The summed E-state index contributed by atoms with van der Waals surface area (Å²) in [4.78, 5) is 4.10. The molecule has 0 spiro atoms. The Hall–Kier alpha value is -2.19. The van der Waals surface area contributed by atoms with E-state index in [9.17, 15) is 5.26 Å². The van der Waals surface area contributed by atoms with Crippen LogP contribution in [0.5, 0.6) is 0 Å². The second kappa shape index (κ2) is 6.06. The lowest BCUT2D eigenvalue weighted by molar-refractivity contribution is 0.176. The first-order chi connectivity index (χ1) is 10.3. The third kappa shape index (κ3) is 2.96. The van der Waals surface area contributed by atoms with E-state index in [1.807, 2.05) is 18.2 Å². The van der Waals surface area contributed by atoms with Gasteiger partial charge in [0.2, 0.25) is 0 Å². The molecular weight excluding hydrogens is 262 g/mol. The minimum absolute atomic E-state index is 0.318. The van der Waals surface area contributed by atoms with Crippen molar-refractivity contribution in [3.63, 3.8) is 0 Å². The molecule has 1 aromatic carbocycles. The highest BCUT2D eigenvalue weighted by atomic mass is 15.5. The predicted octanol–water partition coefficient (Wildman–Crippen LogP) is 1.84. The van der Waals surface area contributed by atoms with E-state index in [-0.39, 0.29) is 5.41 Å². The second-order valence-corrected chi connectivity index (χ2v) is 5.53. The van der Waals surface area contributed by atoms with Crippen LogP contribution in [0.4, 0.5) is 0 Å². The molecule has 5 heteroatoms. The normalized spacial score (nSPS) is 18.2. The van der Waals surface area contributed by atoms with Crippen LogP contribution < -0.4 is 0 Å². The molecule has 5 nitrogen and oxygen atoms in total. The molecule has 1 aromatic heterocycles. The van der Waals surface area contributed by atoms with Gasteiger partial charge >= 0.3 is 0 Å². The summed E-state index contributed by atoms with van der Waals surface area (Å²) in [7, 11) is 0. The van der Waals surface area contributed by atoms with Crippen molar-refractivity contribution < 1.29 is 0 Å². The molecule has 0 radical (unpaired) electrons. The number of rotatable bonds is 4. The van der Waals surface area contributed by atoms with Gasteiger partial charge in [0.05, 0.1) is 30.4 Å². The third-order valence-corrected chi connectivity index (χ3v) is 4.33. The van der Waals surface area contributed by atoms with E-state index in [4.69, 9.17) is 0 Å². The Morgan fingerprint density at radius 1 is 1.05 bits per heavy atom. The Labute approximate surface area is 124 Å². The average Bonchev–Trinajstić information content (AvgIpc) is 3.08. The molecule has 0 saturated carbocycles. The summed E-state index contributed by atoms with van der Waals surface area (Å²) >= 11 is 0. The molecule has 0 bridgehead atoms. The van der Waals surface area contributed by atoms with Crippen molar-refractivity contribution >= 4 is 0 Å². The van der Waals surface area contributed by atoms with Crippen LogP contribution >= 0.6 is 0 Å². The molecule has 2 heterocycles. The van der Waals surface area contributed by atoms with Crippen LogP contribution in [0.25, 0.3) is 0 Å². The number of piperidine rings is 1. The van der Waals surface area contributed by atoms with E-state index in [1.165, 1.54) is 0 Å². The van der Waals surface area contributed by atoms with Crippen molar-refractivity contribution in [1.29, 1.82) is 5.26 Å². The second-order valence-electron chi connectivity index (χ2n) is 5.53. The van der Waals surface area contributed by atoms with Crippen LogP contribution in [0, 0.1) is 11.3 Å². The maximum atomic E-state index is 9.67. The van der Waals surface area contributed by atoms with Gasteiger partial charge in [-0.1, -0.05) is 30.3 Å². The Bertz CT molecular complexity index is 591. The molecule has 1 aliphatic heterocycles. The number of nitrogens with zero attached hydrogens (tertiary/aromatic N) is 5. The summed E-state index contributed by atoms with van der Waals surface area (Å²) in [5, 5.41) is 17.9. The van der Waals surface area contributed by atoms with Crippen LogP contribution in [0.3, 0.4) is 0 Å². The van der Waals surface area contributed by atoms with Crippen molar-refractivity contribution in [3.8, 4) is 6.07 Å². The number of benzene rings is 1. The fourth-order valence-corrected chi connectivity index (χ4v) is 2.97. The number of hydrogen-bond donors (Lipinski definition) is 0. The molecule has 0 N–H and O–H groups in total. The highest BCUT2D eigenvalue weighted by Gasteiger charge is 2.36. The van der Waals surface area contributed by atoms with Crippen LogP contribution in [-0.2, 0) is 12.0 Å². The van der Waals surface area contributed by atoms with Crippen LogP contribution in [-0.4, -0.2) is 39.5 Å². The van der Waals surface area contributed by atoms with Crippen LogP contribution in [0.1, 0.15) is 18.4 Å². The lowest BCUT2D eigenvalue weighted by atomic mass is 9.74. The van der Waals surface area contributed by atoms with Gasteiger partial charge in [0.15, 0.2) is 0 Å². The molecule has 0 aliphatic carbocycles. The molecule has 0 unspecified atom stereocenters. The van der Waals surface area contributed by atoms with E-state index in [0.29, 0.717) is 0 Å². The van der Waals surface area contributed by atoms with Gasteiger partial charge in [-0.05, 0) is 18.4 Å². The summed E-state index contributed by atoms with van der Waals surface area (Å²) < 4.78 is 0. The van der Waals surface area contributed by atoms with Crippen molar-refractivity contribution in [2.45, 2.75) is 24.8 Å². The third-order valence-electron chi connectivity index (χ3n) is 4.33. The summed E-state index contributed by atoms with van der Waals surface area (Å²) in [5.74, 6) is 0. The van der Waals surface area contributed by atoms with E-state index in [1.54, 1.807) is 17.2 Å². The van der Waals surface area contributed by atoms with Gasteiger partial charge in [0.1, 0.15) is 0 Å². The quantitative estimate of drug-likeness (QED) is 0.858. The zero-order valence-electron chi connectivity index (χ0n) is 12.0. The van der Waals surface area contributed by atoms with Gasteiger partial charge in [-0.25, -0.2) is 0 Å². The average molecular weight is 281 g/mol. The number of nitriles is 1. The molecule has 108 valence electrons. The summed E-state index contributed by atoms with van der Waals surface area (Å²) in [6, 6.07) is 12.8. The Balaban J connectivity index is 1.60. The molecule has 1 saturated heterocycles. The fourth-order valence-electron chi connectivity index (χ4n) is 2.97. The maximum Gasteiger partial charge on any atom is 0.0846 e. The zero-order valence-corrected chi connectivity index (χ0v) is 12.0. The Kier molecular flexibility index (Phi) is 3.98. The zero-order chi connectivity index (χ0) is 14.5. The number of aromatic nitrogens is 3. The highest BCUT2D eigenvalue weighted by molar-refractivity contribution is 5.33. The molecule has 0 atom stereocenters. The highest BCUT2D eigenvalue weighted by Crippen LogP contribution is 2.34. The van der Waals surface area contributed by atoms with Crippen molar-refractivity contribution in [1.82, 2.24) is 19.9 Å². The van der Waals surface area contributed by atoms with E-state index in [2.05, 4.69) is 33.3 Å². The first-order valence-corrected chi connectivity index (χ1v) is 7.36. The minimum Gasteiger partial charge on any atom is -0.301 e. The monoisotopic (exact) mass is 281 g/mol. The lowest BCUT2D eigenvalue weighted by Gasteiger charge is -2.37. The van der Waals surface area contributed by atoms with Gasteiger partial charge in [-0.3, -0.25) is 0 Å². The topological polar surface area (TPSA) is 57.7 Å². The number of likely N-dealkylation sites (tertiary alicyclic amines) is 1. The standard InChI is InChI=1S/C16H19N5/c17-14-16(15-4-2-1-3-5-15)6-10-20(11-7-16)12-13-21-18-8-9-19-21/h1-5,8-9H,6-7,10-13H2. The van der Waals surface area contributed by atoms with E-state index < -0.39 is 0 Å². The summed E-state index contributed by atoms with van der Waals surface area (Å²) in [5.41, 5.74) is 0.836. The molecule has 2 aromatic rings. The summed E-state index contributed by atoms with van der Waals surface area (Å²) in [6.07, 6.45) is 5.18. The first-order valence-electron chi connectivity index (χ1n) is 7.36. The number of hydrogen-bond acceptors (Lipinski definition) is 4. The van der Waals surface area contributed by atoms with E-state index >= 15 is 0 Å². The Morgan fingerprint density at radius 2 is 1.71 bits per heavy atom. The van der Waals surface area contributed by atoms with E-state index in [0.717, 1.165) is 44.6 Å². The maximum absolute atomic E-state index is 9.67. The largest absolute Gasteiger partial charge is 0.301 e. The summed E-state index contributed by atoms with van der Waals surface area (Å²) in [6.45, 7) is 3.64. The van der Waals surface area contributed by atoms with Gasteiger partial charge in [0, 0.05) is 19.6 Å². The molecule has 3 rings (SSSR count). The van der Waals surface area contributed by atoms with Crippen LogP contribution in [0.15, 0.2) is 42.7 Å². The molecule has 0 amide bonds. The van der Waals surface area contributed by atoms with Gasteiger partial charge in [-0.2, -0.15) is 20.3 Å². The molecule has 1 fully saturated rings. The SMILES string of the molecule is N#CC1(c2ccccc2)CCN(CCn2nccn2)CC1. The molecule has 1 aliphatic rings. The molecular formula is C16H19N5. The predicted molar refractivity (Wildman–Crippen MR) is 79.4 cm³/mol. The smallest absolute Gasteiger partial charge is 0.0846 e. The van der Waals surface area contributed by atoms with Gasteiger partial charge < -0.3 is 4.90 Å². The molecule has 21 heavy (non-hydrogen) atoms. The van der Waals surface area contributed by atoms with Crippen molar-refractivity contribution in [3.05, 3.63) is 48.3 Å². The van der Waals surface area contributed by atoms with Crippen LogP contribution in [0.2, 0.25) is 0 Å². The van der Waals surface area contributed by atoms with Gasteiger partial charge in [-0.15, -0.1) is 0 Å². The van der Waals surface area contributed by atoms with Gasteiger partial charge in [0.25, 0.3) is 0 Å². The fraction of sp³-hybridized carbons (Fsp3) is 0.438. The minimum atomic E-state index is -0.318. The Morgan fingerprint density at radius 3 is 2.33 bits per heavy atom. The van der Waals surface area contributed by atoms with Crippen molar-refractivity contribution in [2.75, 3.05) is 19.6 Å². The first kappa shape index (κ1) is 13.8. The van der Waals surface area contributed by atoms with Crippen molar-refractivity contribution in [2.24, 2.45) is 0 Å². The lowest BCUT2D eigenvalue weighted by Crippen LogP contribution is -2.43.